The molecule has 0 heterocycles. The number of para-hydroxylation sites is 2. The summed E-state index contributed by atoms with van der Waals surface area (Å²) in [6, 6.07) is 13.1. The number of carboxylic acids is 2. The summed E-state index contributed by atoms with van der Waals surface area (Å²) in [5.41, 5.74) is 5.91. The molecule has 0 radical (unpaired) electrons. The lowest BCUT2D eigenvalue weighted by Crippen LogP contribution is -2.59. The van der Waals surface area contributed by atoms with Crippen molar-refractivity contribution in [1.82, 2.24) is 4.90 Å². The van der Waals surface area contributed by atoms with Crippen LogP contribution in [0.25, 0.3) is 0 Å². The van der Waals surface area contributed by atoms with Gasteiger partial charge in [-0.25, -0.2) is 0 Å². The zero-order chi connectivity index (χ0) is 20.7. The third-order valence-electron chi connectivity index (χ3n) is 4.73. The molecule has 0 aromatic heterocycles. The molecule has 0 unspecified atom stereocenters. The van der Waals surface area contributed by atoms with Crippen LogP contribution in [0.4, 0.5) is 0 Å². The number of hydrogen-bond donors (Lipinski definition) is 5. The highest BCUT2D eigenvalue weighted by Gasteiger charge is 2.39. The summed E-state index contributed by atoms with van der Waals surface area (Å²) in [5.74, 6) is -2.39. The standard InChI is InChI=1S/C20H24N2O6/c21-13-20(9-14-5-1-3-7-16(14)23,10-15-6-2-4-8-17(15)24)22(11-18(25)26)12-19(27)28/h1-8,23-24H,9-13,21H2,(H,25,26)(H,27,28). The van der Waals surface area contributed by atoms with Gasteiger partial charge >= 0.3 is 11.9 Å². The SMILES string of the molecule is NCC(Cc1ccccc1O)(Cc1ccccc1O)N(CC(=O)O)CC(=O)O. The number of hydrogen-bond acceptors (Lipinski definition) is 6. The molecule has 0 bridgehead atoms. The van der Waals surface area contributed by atoms with Crippen molar-refractivity contribution in [3.05, 3.63) is 59.7 Å². The van der Waals surface area contributed by atoms with Crippen LogP contribution in [0.5, 0.6) is 11.5 Å². The number of carboxylic acid groups (broad SMARTS) is 2. The quantitative estimate of drug-likeness (QED) is 0.406. The van der Waals surface area contributed by atoms with E-state index in [1.807, 2.05) is 0 Å². The number of rotatable bonds is 10. The molecule has 2 aromatic rings. The Morgan fingerprint density at radius 3 is 1.54 bits per heavy atom. The molecular weight excluding hydrogens is 364 g/mol. The molecular formula is C20H24N2O6. The molecule has 8 nitrogen and oxygen atoms in total. The van der Waals surface area contributed by atoms with Crippen molar-refractivity contribution in [1.29, 1.82) is 0 Å². The first-order chi connectivity index (χ1) is 13.3. The molecule has 0 atom stereocenters. The summed E-state index contributed by atoms with van der Waals surface area (Å²) in [7, 11) is 0. The van der Waals surface area contributed by atoms with Crippen LogP contribution in [0.3, 0.4) is 0 Å². The number of phenols is 2. The van der Waals surface area contributed by atoms with E-state index in [4.69, 9.17) is 5.73 Å². The third-order valence-corrected chi connectivity index (χ3v) is 4.73. The van der Waals surface area contributed by atoms with Crippen molar-refractivity contribution < 1.29 is 30.0 Å². The molecule has 0 amide bonds. The van der Waals surface area contributed by atoms with Crippen molar-refractivity contribution >= 4 is 11.9 Å². The molecule has 0 aliphatic heterocycles. The summed E-state index contributed by atoms with van der Waals surface area (Å²) in [4.78, 5) is 24.1. The lowest BCUT2D eigenvalue weighted by Gasteiger charge is -2.42. The van der Waals surface area contributed by atoms with E-state index < -0.39 is 30.6 Å². The average molecular weight is 388 g/mol. The Morgan fingerprint density at radius 2 is 1.21 bits per heavy atom. The lowest BCUT2D eigenvalue weighted by atomic mass is 9.82. The van der Waals surface area contributed by atoms with E-state index in [0.717, 1.165) is 0 Å². The van der Waals surface area contributed by atoms with Crippen LogP contribution in [0.1, 0.15) is 11.1 Å². The molecule has 2 aromatic carbocycles. The van der Waals surface area contributed by atoms with Gasteiger partial charge in [0.25, 0.3) is 0 Å². The van der Waals surface area contributed by atoms with Crippen molar-refractivity contribution in [3.8, 4) is 11.5 Å². The summed E-state index contributed by atoms with van der Waals surface area (Å²) in [5, 5.41) is 39.0. The molecule has 28 heavy (non-hydrogen) atoms. The fourth-order valence-corrected chi connectivity index (χ4v) is 3.31. The van der Waals surface area contributed by atoms with Crippen LogP contribution in [-0.4, -0.2) is 62.4 Å². The van der Waals surface area contributed by atoms with Gasteiger partial charge in [0.05, 0.1) is 13.1 Å². The molecule has 0 saturated carbocycles. The number of nitrogens with zero attached hydrogens (tertiary/aromatic N) is 1. The number of aromatic hydroxyl groups is 2. The Labute approximate surface area is 162 Å². The van der Waals surface area contributed by atoms with Gasteiger partial charge in [0.15, 0.2) is 0 Å². The first kappa shape index (κ1) is 21.2. The highest BCUT2D eigenvalue weighted by molar-refractivity contribution is 5.73. The second-order valence-corrected chi connectivity index (χ2v) is 6.68. The summed E-state index contributed by atoms with van der Waals surface area (Å²) < 4.78 is 0. The normalized spacial score (nSPS) is 11.5. The Kier molecular flexibility index (Phi) is 6.97. The zero-order valence-corrected chi connectivity index (χ0v) is 15.3. The van der Waals surface area contributed by atoms with E-state index in [1.165, 1.54) is 17.0 Å². The minimum absolute atomic E-state index is 0.00297. The summed E-state index contributed by atoms with van der Waals surface area (Å²) >= 11 is 0. The van der Waals surface area contributed by atoms with Crippen LogP contribution < -0.4 is 5.73 Å². The summed E-state index contributed by atoms with van der Waals surface area (Å²) in [6.45, 7) is -1.19. The second kappa shape index (κ2) is 9.20. The van der Waals surface area contributed by atoms with Gasteiger partial charge in [-0.2, -0.15) is 0 Å². The molecule has 0 saturated heterocycles. The maximum atomic E-state index is 11.4. The first-order valence-electron chi connectivity index (χ1n) is 8.70. The predicted molar refractivity (Wildman–Crippen MR) is 102 cm³/mol. The van der Waals surface area contributed by atoms with Crippen LogP contribution in [0.15, 0.2) is 48.5 Å². The van der Waals surface area contributed by atoms with Gasteiger partial charge in [-0.05, 0) is 36.1 Å². The van der Waals surface area contributed by atoms with Crippen LogP contribution in [0.2, 0.25) is 0 Å². The first-order valence-corrected chi connectivity index (χ1v) is 8.70. The molecule has 0 aliphatic carbocycles. The van der Waals surface area contributed by atoms with E-state index >= 15 is 0 Å². The van der Waals surface area contributed by atoms with Gasteiger partial charge in [-0.15, -0.1) is 0 Å². The molecule has 6 N–H and O–H groups in total. The fraction of sp³-hybridized carbons (Fsp3) is 0.300. The maximum Gasteiger partial charge on any atom is 0.317 e. The van der Waals surface area contributed by atoms with E-state index in [9.17, 15) is 30.0 Å². The average Bonchev–Trinajstić information content (AvgIpc) is 2.63. The summed E-state index contributed by atoms with van der Waals surface area (Å²) in [6.07, 6.45) is 0.204. The third kappa shape index (κ3) is 5.21. The van der Waals surface area contributed by atoms with Crippen molar-refractivity contribution in [3.63, 3.8) is 0 Å². The van der Waals surface area contributed by atoms with Gasteiger partial charge in [-0.3, -0.25) is 14.5 Å². The van der Waals surface area contributed by atoms with Crippen LogP contribution >= 0.6 is 0 Å². The number of phenolic OH excluding ortho intramolecular Hbond substituents is 2. The zero-order valence-electron chi connectivity index (χ0n) is 15.3. The minimum Gasteiger partial charge on any atom is -0.508 e. The molecule has 2 rings (SSSR count). The largest absolute Gasteiger partial charge is 0.508 e. The number of aliphatic carboxylic acids is 2. The monoisotopic (exact) mass is 388 g/mol. The number of benzene rings is 2. The number of nitrogens with two attached hydrogens (primary N) is 1. The Bertz CT molecular complexity index is 775. The van der Waals surface area contributed by atoms with Gasteiger partial charge in [0, 0.05) is 12.1 Å². The molecule has 150 valence electrons. The molecule has 0 spiro atoms. The van der Waals surface area contributed by atoms with E-state index in [2.05, 4.69) is 0 Å². The van der Waals surface area contributed by atoms with Gasteiger partial charge in [0.2, 0.25) is 0 Å². The van der Waals surface area contributed by atoms with Gasteiger partial charge in [-0.1, -0.05) is 36.4 Å². The minimum atomic E-state index is -1.20. The Balaban J connectivity index is 2.55. The van der Waals surface area contributed by atoms with E-state index in [1.54, 1.807) is 36.4 Å². The van der Waals surface area contributed by atoms with Crippen molar-refractivity contribution in [2.45, 2.75) is 18.4 Å². The predicted octanol–water partition coefficient (Wildman–Crippen LogP) is 1.05. The number of carbonyl (C=O) groups is 2. The van der Waals surface area contributed by atoms with Crippen molar-refractivity contribution in [2.24, 2.45) is 5.73 Å². The van der Waals surface area contributed by atoms with Gasteiger partial charge < -0.3 is 26.2 Å². The highest BCUT2D eigenvalue weighted by Crippen LogP contribution is 2.31. The molecule has 0 aliphatic rings. The second-order valence-electron chi connectivity index (χ2n) is 6.68. The van der Waals surface area contributed by atoms with E-state index in [0.29, 0.717) is 11.1 Å². The molecule has 8 heteroatoms. The smallest absolute Gasteiger partial charge is 0.317 e. The Hall–Kier alpha value is -3.10. The van der Waals surface area contributed by atoms with Gasteiger partial charge in [0.1, 0.15) is 11.5 Å². The Morgan fingerprint density at radius 1 is 0.821 bits per heavy atom. The molecule has 0 fully saturated rings. The highest BCUT2D eigenvalue weighted by atomic mass is 16.4. The maximum absolute atomic E-state index is 11.4. The van der Waals surface area contributed by atoms with Crippen LogP contribution in [-0.2, 0) is 22.4 Å². The lowest BCUT2D eigenvalue weighted by molar-refractivity contribution is -0.144. The fourth-order valence-electron chi connectivity index (χ4n) is 3.31. The van der Waals surface area contributed by atoms with Crippen LogP contribution in [0, 0.1) is 0 Å². The van der Waals surface area contributed by atoms with Crippen molar-refractivity contribution in [2.75, 3.05) is 19.6 Å². The topological polar surface area (TPSA) is 144 Å². The van der Waals surface area contributed by atoms with E-state index in [-0.39, 0.29) is 30.9 Å².